The average molecular weight is 421 g/mol. The van der Waals surface area contributed by atoms with Gasteiger partial charge in [-0.3, -0.25) is 0 Å². The molecule has 2 heterocycles. The first-order chi connectivity index (χ1) is 12.6. The lowest BCUT2D eigenvalue weighted by molar-refractivity contribution is -0.159. The van der Waals surface area contributed by atoms with E-state index in [-0.39, 0.29) is 21.9 Å². The number of aryl methyl sites for hydroxylation is 1. The smallest absolute Gasteiger partial charge is 0.329 e. The van der Waals surface area contributed by atoms with Crippen LogP contribution in [0.2, 0.25) is 0 Å². The Morgan fingerprint density at radius 1 is 1.22 bits per heavy atom. The molecule has 0 unspecified atom stereocenters. The van der Waals surface area contributed by atoms with Gasteiger partial charge in [0.25, 0.3) is 0 Å². The summed E-state index contributed by atoms with van der Waals surface area (Å²) < 4.78 is 82.5. The number of alkyl halides is 3. The quantitative estimate of drug-likeness (QED) is 0.635. The van der Waals surface area contributed by atoms with Gasteiger partial charge in [-0.05, 0) is 36.8 Å². The third kappa shape index (κ3) is 4.34. The van der Waals surface area contributed by atoms with E-state index in [1.807, 2.05) is 0 Å². The molecule has 0 aliphatic heterocycles. The summed E-state index contributed by atoms with van der Waals surface area (Å²) in [5.41, 5.74) is -0.0256. The molecule has 0 fully saturated rings. The van der Waals surface area contributed by atoms with Crippen LogP contribution < -0.4 is 4.72 Å². The first kappa shape index (κ1) is 19.5. The van der Waals surface area contributed by atoms with Crippen molar-refractivity contribution in [1.29, 1.82) is 0 Å². The first-order valence-electron chi connectivity index (χ1n) is 7.32. The number of nitrogens with zero attached hydrogens (tertiary/aromatic N) is 2. The van der Waals surface area contributed by atoms with Gasteiger partial charge < -0.3 is 4.52 Å². The normalized spacial score (nSPS) is 12.5. The van der Waals surface area contributed by atoms with Gasteiger partial charge in [-0.15, -0.1) is 11.3 Å². The van der Waals surface area contributed by atoms with Crippen LogP contribution in [0.15, 0.2) is 39.1 Å². The molecule has 0 amide bonds. The van der Waals surface area contributed by atoms with Gasteiger partial charge in [0.15, 0.2) is 0 Å². The number of hydrogen-bond acceptors (Lipinski definition) is 6. The molecule has 1 N–H and O–H groups in total. The third-order valence-corrected chi connectivity index (χ3v) is 6.28. The minimum atomic E-state index is -4.83. The molecule has 3 rings (SSSR count). The van der Waals surface area contributed by atoms with Gasteiger partial charge in [-0.2, -0.15) is 18.2 Å². The number of aromatic nitrogens is 2. The van der Waals surface area contributed by atoms with E-state index in [1.54, 1.807) is 13.0 Å². The third-order valence-electron chi connectivity index (χ3n) is 3.39. The summed E-state index contributed by atoms with van der Waals surface area (Å²) in [5, 5.41) is 3.11. The molecule has 12 heteroatoms. The number of hydrogen-bond donors (Lipinski definition) is 1. The summed E-state index contributed by atoms with van der Waals surface area (Å²) in [6.45, 7) is 1.57. The number of benzene rings is 1. The van der Waals surface area contributed by atoms with Crippen LogP contribution in [-0.2, 0) is 22.7 Å². The summed E-state index contributed by atoms with van der Waals surface area (Å²) in [6, 6.07) is 6.61. The molecule has 27 heavy (non-hydrogen) atoms. The van der Waals surface area contributed by atoms with Crippen LogP contribution in [0.3, 0.4) is 0 Å². The number of halogens is 4. The SMILES string of the molecule is Cc1ccc(S(=O)(=O)NCc2ccc(-c3noc(C(F)(F)F)n3)c(F)c2)s1. The molecule has 0 saturated heterocycles. The van der Waals surface area contributed by atoms with Crippen LogP contribution in [0.4, 0.5) is 17.6 Å². The van der Waals surface area contributed by atoms with Crippen molar-refractivity contribution >= 4 is 21.4 Å². The monoisotopic (exact) mass is 421 g/mol. The van der Waals surface area contributed by atoms with Gasteiger partial charge >= 0.3 is 12.1 Å². The number of thiophene rings is 1. The fourth-order valence-corrected chi connectivity index (χ4v) is 4.45. The van der Waals surface area contributed by atoms with Crippen molar-refractivity contribution < 1.29 is 30.5 Å². The maximum absolute atomic E-state index is 14.2. The number of sulfonamides is 1. The molecule has 0 spiro atoms. The Balaban J connectivity index is 1.76. The van der Waals surface area contributed by atoms with Gasteiger partial charge in [0.1, 0.15) is 10.0 Å². The molecule has 0 aliphatic rings. The predicted octanol–water partition coefficient (Wildman–Crippen LogP) is 3.74. The second kappa shape index (κ2) is 7.02. The largest absolute Gasteiger partial charge is 0.471 e. The summed E-state index contributed by atoms with van der Waals surface area (Å²) in [4.78, 5) is 3.94. The standard InChI is InChI=1S/C15H11F4N3O3S2/c1-8-2-5-12(26-8)27(23,24)20-7-9-3-4-10(11(16)6-9)13-21-14(25-22-13)15(17,18)19/h2-6,20H,7H2,1H3. The molecule has 0 saturated carbocycles. The van der Waals surface area contributed by atoms with E-state index in [2.05, 4.69) is 19.4 Å². The Kier molecular flexibility index (Phi) is 5.06. The van der Waals surface area contributed by atoms with Crippen molar-refractivity contribution in [2.45, 2.75) is 23.9 Å². The maximum atomic E-state index is 14.2. The molecule has 0 aliphatic carbocycles. The zero-order chi connectivity index (χ0) is 19.8. The fourth-order valence-electron chi connectivity index (χ4n) is 2.10. The lowest BCUT2D eigenvalue weighted by Gasteiger charge is -2.06. The summed E-state index contributed by atoms with van der Waals surface area (Å²) >= 11 is 1.09. The van der Waals surface area contributed by atoms with Crippen LogP contribution in [0.5, 0.6) is 0 Å². The van der Waals surface area contributed by atoms with Crippen LogP contribution >= 0.6 is 11.3 Å². The first-order valence-corrected chi connectivity index (χ1v) is 9.62. The molecule has 2 aromatic heterocycles. The van der Waals surface area contributed by atoms with Crippen molar-refractivity contribution in [3.63, 3.8) is 0 Å². The van der Waals surface area contributed by atoms with Crippen molar-refractivity contribution in [2.75, 3.05) is 0 Å². The maximum Gasteiger partial charge on any atom is 0.471 e. The second-order valence-corrected chi connectivity index (χ2v) is 8.71. The predicted molar refractivity (Wildman–Crippen MR) is 87.8 cm³/mol. The van der Waals surface area contributed by atoms with Crippen LogP contribution in [0.25, 0.3) is 11.4 Å². The highest BCUT2D eigenvalue weighted by molar-refractivity contribution is 7.91. The van der Waals surface area contributed by atoms with Gasteiger partial charge in [-0.1, -0.05) is 11.2 Å². The van der Waals surface area contributed by atoms with Crippen molar-refractivity contribution in [2.24, 2.45) is 0 Å². The van der Waals surface area contributed by atoms with Gasteiger partial charge in [0.05, 0.1) is 5.56 Å². The molecular formula is C15H11F4N3O3S2. The minimum Gasteiger partial charge on any atom is -0.329 e. The molecule has 0 radical (unpaired) electrons. The Morgan fingerprint density at radius 2 is 1.96 bits per heavy atom. The molecule has 3 aromatic rings. The molecule has 0 bridgehead atoms. The Labute approximate surface area is 154 Å². The zero-order valence-corrected chi connectivity index (χ0v) is 15.2. The van der Waals surface area contributed by atoms with Gasteiger partial charge in [0.2, 0.25) is 15.8 Å². The fraction of sp³-hybridized carbons (Fsp3) is 0.200. The molecule has 1 aromatic carbocycles. The lowest BCUT2D eigenvalue weighted by Crippen LogP contribution is -2.22. The molecule has 6 nitrogen and oxygen atoms in total. The molecular weight excluding hydrogens is 410 g/mol. The number of rotatable bonds is 5. The molecule has 0 atom stereocenters. The van der Waals surface area contributed by atoms with Crippen LogP contribution in [-0.4, -0.2) is 18.6 Å². The van der Waals surface area contributed by atoms with E-state index in [0.29, 0.717) is 0 Å². The van der Waals surface area contributed by atoms with E-state index in [4.69, 9.17) is 0 Å². The Hall–Kier alpha value is -2.31. The topological polar surface area (TPSA) is 85.1 Å². The summed E-state index contributed by atoms with van der Waals surface area (Å²) in [5.74, 6) is -3.05. The minimum absolute atomic E-state index is 0.128. The molecule has 144 valence electrons. The Bertz CT molecular complexity index is 1070. The summed E-state index contributed by atoms with van der Waals surface area (Å²) in [7, 11) is -3.74. The van der Waals surface area contributed by atoms with Gasteiger partial charge in [-0.25, -0.2) is 17.5 Å². The van der Waals surface area contributed by atoms with Crippen molar-refractivity contribution in [3.8, 4) is 11.4 Å². The van der Waals surface area contributed by atoms with E-state index < -0.39 is 33.7 Å². The van der Waals surface area contributed by atoms with Crippen molar-refractivity contribution in [3.05, 3.63) is 52.5 Å². The summed E-state index contributed by atoms with van der Waals surface area (Å²) in [6.07, 6.45) is -4.83. The Morgan fingerprint density at radius 3 is 2.52 bits per heavy atom. The van der Waals surface area contributed by atoms with Crippen molar-refractivity contribution in [1.82, 2.24) is 14.9 Å². The van der Waals surface area contributed by atoms with Gasteiger partial charge in [0, 0.05) is 11.4 Å². The average Bonchev–Trinajstić information content (AvgIpc) is 3.22. The van der Waals surface area contributed by atoms with E-state index in [1.165, 1.54) is 12.1 Å². The lowest BCUT2D eigenvalue weighted by atomic mass is 10.1. The van der Waals surface area contributed by atoms with Crippen LogP contribution in [0.1, 0.15) is 16.3 Å². The second-order valence-electron chi connectivity index (χ2n) is 5.42. The zero-order valence-electron chi connectivity index (χ0n) is 13.5. The van der Waals surface area contributed by atoms with Crippen LogP contribution in [0, 0.1) is 12.7 Å². The highest BCUT2D eigenvalue weighted by atomic mass is 32.2. The van der Waals surface area contributed by atoms with E-state index in [0.717, 1.165) is 28.3 Å². The van der Waals surface area contributed by atoms with E-state index >= 15 is 0 Å². The van der Waals surface area contributed by atoms with E-state index in [9.17, 15) is 26.0 Å². The number of nitrogens with one attached hydrogen (secondary N) is 1. The highest BCUT2D eigenvalue weighted by Crippen LogP contribution is 2.30. The highest BCUT2D eigenvalue weighted by Gasteiger charge is 2.38.